The van der Waals surface area contributed by atoms with E-state index in [0.717, 1.165) is 78.7 Å². The highest BCUT2D eigenvalue weighted by Gasteiger charge is 2.28. The summed E-state index contributed by atoms with van der Waals surface area (Å²) in [6.45, 7) is 0. The second-order valence-corrected chi connectivity index (χ2v) is 13.7. The summed E-state index contributed by atoms with van der Waals surface area (Å²) in [5.41, 5.74) is 13.4. The fraction of sp³-hybridized carbons (Fsp3) is 0. The number of para-hydroxylation sites is 4. The molecule has 52 heavy (non-hydrogen) atoms. The third-order valence-electron chi connectivity index (χ3n) is 10.9. The zero-order valence-corrected chi connectivity index (χ0v) is 27.9. The summed E-state index contributed by atoms with van der Waals surface area (Å²) in [4.78, 5) is 0. The topological polar surface area (TPSA) is 28.3 Å². The van der Waals surface area contributed by atoms with Gasteiger partial charge in [-0.3, -0.25) is 0 Å². The van der Waals surface area contributed by atoms with Crippen molar-refractivity contribution in [2.24, 2.45) is 0 Å². The van der Waals surface area contributed by atoms with Crippen LogP contribution in [0.4, 0.5) is 0 Å². The van der Waals surface area contributed by atoms with Gasteiger partial charge in [0.15, 0.2) is 23.0 Å². The molecule has 4 nitrogen and oxygen atoms in total. The molecule has 2 aliphatic heterocycles. The monoisotopic (exact) mass is 664 g/mol. The van der Waals surface area contributed by atoms with Gasteiger partial charge in [-0.15, -0.1) is 0 Å². The van der Waals surface area contributed by atoms with Crippen molar-refractivity contribution in [2.75, 3.05) is 0 Å². The van der Waals surface area contributed by atoms with Crippen molar-refractivity contribution < 1.29 is 9.47 Å². The first-order chi connectivity index (χ1) is 25.8. The van der Waals surface area contributed by atoms with Gasteiger partial charge >= 0.3 is 0 Å². The molecule has 0 radical (unpaired) electrons. The summed E-state index contributed by atoms with van der Waals surface area (Å²) in [5.74, 6) is 3.52. The van der Waals surface area contributed by atoms with E-state index in [-0.39, 0.29) is 0 Å². The van der Waals surface area contributed by atoms with Gasteiger partial charge in [0.05, 0.1) is 33.4 Å². The number of hydrogen-bond donors (Lipinski definition) is 0. The summed E-state index contributed by atoms with van der Waals surface area (Å²) in [7, 11) is 0. The molecule has 0 saturated heterocycles. The fourth-order valence-corrected chi connectivity index (χ4v) is 8.63. The van der Waals surface area contributed by atoms with E-state index in [9.17, 15) is 0 Å². The molecule has 4 heterocycles. The Labute approximate surface area is 298 Å². The van der Waals surface area contributed by atoms with Gasteiger partial charge in [0.25, 0.3) is 0 Å². The normalized spacial score (nSPS) is 12.5. The maximum Gasteiger partial charge on any atom is 0.159 e. The van der Waals surface area contributed by atoms with E-state index in [4.69, 9.17) is 9.47 Å². The van der Waals surface area contributed by atoms with Crippen molar-refractivity contribution in [3.8, 4) is 67.8 Å². The molecular weight excluding hydrogens is 637 g/mol. The number of fused-ring (bicyclic) bond motifs is 10. The number of hydrogen-bond acceptors (Lipinski definition) is 2. The summed E-state index contributed by atoms with van der Waals surface area (Å²) >= 11 is 0. The van der Waals surface area contributed by atoms with Crippen molar-refractivity contribution in [2.45, 2.75) is 0 Å². The molecule has 2 aromatic heterocycles. The Balaban J connectivity index is 1.04. The molecule has 12 rings (SSSR count). The Hall–Kier alpha value is -7.04. The summed E-state index contributed by atoms with van der Waals surface area (Å²) in [6.07, 6.45) is 0. The lowest BCUT2D eigenvalue weighted by Gasteiger charge is -2.23. The molecule has 0 fully saturated rings. The van der Waals surface area contributed by atoms with Crippen LogP contribution >= 0.6 is 0 Å². The molecule has 2 aliphatic rings. The van der Waals surface area contributed by atoms with E-state index >= 15 is 0 Å². The Morgan fingerprint density at radius 2 is 0.769 bits per heavy atom. The summed E-state index contributed by atoms with van der Waals surface area (Å²) in [5, 5.41) is 4.77. The largest absolute Gasteiger partial charge is 0.452 e. The lowest BCUT2D eigenvalue weighted by molar-refractivity contribution is 0.478. The molecule has 0 spiro atoms. The van der Waals surface area contributed by atoms with Gasteiger partial charge in [0, 0.05) is 32.7 Å². The Kier molecular flexibility index (Phi) is 5.47. The molecule has 0 aliphatic carbocycles. The van der Waals surface area contributed by atoms with Gasteiger partial charge < -0.3 is 18.6 Å². The molecule has 0 saturated carbocycles. The van der Waals surface area contributed by atoms with Crippen LogP contribution in [0.2, 0.25) is 0 Å². The maximum absolute atomic E-state index is 6.72. The van der Waals surface area contributed by atoms with E-state index in [1.54, 1.807) is 0 Å². The first kappa shape index (κ1) is 27.7. The fourth-order valence-electron chi connectivity index (χ4n) is 8.63. The van der Waals surface area contributed by atoms with Gasteiger partial charge in [-0.2, -0.15) is 0 Å². The Morgan fingerprint density at radius 3 is 1.23 bits per heavy atom. The van der Waals surface area contributed by atoms with Gasteiger partial charge in [0.1, 0.15) is 0 Å². The quantitative estimate of drug-likeness (QED) is 0.188. The molecule has 4 heteroatoms. The van der Waals surface area contributed by atoms with Crippen LogP contribution in [-0.4, -0.2) is 9.13 Å². The molecule has 0 bridgehead atoms. The van der Waals surface area contributed by atoms with Gasteiger partial charge in [-0.1, -0.05) is 121 Å². The van der Waals surface area contributed by atoms with Gasteiger partial charge in [-0.25, -0.2) is 0 Å². The van der Waals surface area contributed by atoms with Crippen LogP contribution in [0.3, 0.4) is 0 Å². The van der Waals surface area contributed by atoms with Crippen molar-refractivity contribution in [3.05, 3.63) is 170 Å². The highest BCUT2D eigenvalue weighted by atomic mass is 16.5. The van der Waals surface area contributed by atoms with Crippen LogP contribution in [-0.2, 0) is 0 Å². The number of benzene rings is 8. The van der Waals surface area contributed by atoms with E-state index in [2.05, 4.69) is 167 Å². The van der Waals surface area contributed by atoms with Crippen molar-refractivity contribution >= 4 is 43.6 Å². The number of rotatable bonds is 3. The lowest BCUT2D eigenvalue weighted by atomic mass is 10.0. The second-order valence-electron chi connectivity index (χ2n) is 13.7. The van der Waals surface area contributed by atoms with Crippen LogP contribution in [0.15, 0.2) is 170 Å². The summed E-state index contributed by atoms with van der Waals surface area (Å²) in [6, 6.07) is 60.4. The van der Waals surface area contributed by atoms with E-state index in [1.165, 1.54) is 32.7 Å². The third-order valence-corrected chi connectivity index (χ3v) is 10.9. The van der Waals surface area contributed by atoms with Gasteiger partial charge in [0.2, 0.25) is 0 Å². The summed E-state index contributed by atoms with van der Waals surface area (Å²) < 4.78 is 18.2. The van der Waals surface area contributed by atoms with Crippen molar-refractivity contribution in [3.63, 3.8) is 0 Å². The van der Waals surface area contributed by atoms with Crippen molar-refractivity contribution in [1.82, 2.24) is 9.13 Å². The average Bonchev–Trinajstić information content (AvgIpc) is 3.73. The molecule has 0 N–H and O–H groups in total. The SMILES string of the molecule is c1ccc(-c2cccc3c2Oc2cccc4c5cc(-c6ccc7c(c6)c6cccc8c6n7-c6cccc(-c7ccccc7)c6O8)ccc5n-3c24)cc1. The Bertz CT molecular complexity index is 2900. The van der Waals surface area contributed by atoms with Crippen LogP contribution in [0.25, 0.3) is 88.4 Å². The molecule has 0 atom stereocenters. The molecular formula is C48H28N2O2. The zero-order valence-electron chi connectivity index (χ0n) is 27.9. The molecule has 0 unspecified atom stereocenters. The predicted octanol–water partition coefficient (Wildman–Crippen LogP) is 13.1. The lowest BCUT2D eigenvalue weighted by Crippen LogP contribution is -2.05. The zero-order chi connectivity index (χ0) is 33.9. The third kappa shape index (κ3) is 3.70. The van der Waals surface area contributed by atoms with Crippen LogP contribution < -0.4 is 9.47 Å². The minimum atomic E-state index is 0.875. The first-order valence-electron chi connectivity index (χ1n) is 17.7. The molecule has 10 aromatic rings. The van der Waals surface area contributed by atoms with Crippen LogP contribution in [0, 0.1) is 0 Å². The average molecular weight is 665 g/mol. The number of ether oxygens (including phenoxy) is 2. The minimum Gasteiger partial charge on any atom is -0.452 e. The van der Waals surface area contributed by atoms with Crippen molar-refractivity contribution in [1.29, 1.82) is 0 Å². The van der Waals surface area contributed by atoms with Crippen LogP contribution in [0.1, 0.15) is 0 Å². The highest BCUT2D eigenvalue weighted by Crippen LogP contribution is 2.51. The van der Waals surface area contributed by atoms with E-state index < -0.39 is 0 Å². The smallest absolute Gasteiger partial charge is 0.159 e. The predicted molar refractivity (Wildman–Crippen MR) is 212 cm³/mol. The number of aromatic nitrogens is 2. The van der Waals surface area contributed by atoms with Gasteiger partial charge in [-0.05, 0) is 70.8 Å². The molecule has 0 amide bonds. The van der Waals surface area contributed by atoms with E-state index in [0.29, 0.717) is 0 Å². The van der Waals surface area contributed by atoms with Crippen LogP contribution in [0.5, 0.6) is 23.0 Å². The maximum atomic E-state index is 6.72. The second kappa shape index (κ2) is 10.3. The molecule has 8 aromatic carbocycles. The highest BCUT2D eigenvalue weighted by molar-refractivity contribution is 6.15. The number of nitrogens with zero attached hydrogens (tertiary/aromatic N) is 2. The Morgan fingerprint density at radius 1 is 0.327 bits per heavy atom. The van der Waals surface area contributed by atoms with E-state index in [1.807, 2.05) is 12.1 Å². The standard InChI is InChI=1S/C48H28N2O2/c1-3-11-29(12-4-1)33-15-7-19-41-47(33)51-43-21-9-17-35-37-27-31(23-25-39(37)49(41)45(35)43)32-24-26-40-38(28-32)36-18-10-22-44-46(36)50(40)42-20-8-16-34(48(42)52-44)30-13-5-2-6-14-30/h1-28H. The first-order valence-corrected chi connectivity index (χ1v) is 17.7. The molecule has 242 valence electrons. The minimum absolute atomic E-state index is 0.875.